The molecule has 2 rings (SSSR count). The van der Waals surface area contributed by atoms with Crippen LogP contribution in [0, 0.1) is 0 Å². The number of benzene rings is 2. The number of aromatic hydroxyl groups is 2. The van der Waals surface area contributed by atoms with Crippen LogP contribution >= 0.6 is 0 Å². The van der Waals surface area contributed by atoms with Crippen LogP contribution in [0.5, 0.6) is 23.0 Å². The van der Waals surface area contributed by atoms with E-state index in [-0.39, 0.29) is 11.5 Å². The Morgan fingerprint density at radius 3 is 2.06 bits per heavy atom. The molecule has 0 heterocycles. The molecule has 4 heteroatoms. The molecular formula is C31H40O4. The van der Waals surface area contributed by atoms with Crippen LogP contribution in [0.4, 0.5) is 0 Å². The summed E-state index contributed by atoms with van der Waals surface area (Å²) < 4.78 is 11.2. The molecule has 4 nitrogen and oxygen atoms in total. The molecule has 0 saturated carbocycles. The Hall–Kier alpha value is -3.40. The molecule has 0 aromatic heterocycles. The normalized spacial score (nSPS) is 11.5. The molecule has 2 N–H and O–H groups in total. The monoisotopic (exact) mass is 476 g/mol. The minimum atomic E-state index is -0.114. The van der Waals surface area contributed by atoms with E-state index in [2.05, 4.69) is 32.9 Å². The quantitative estimate of drug-likeness (QED) is 0.196. The lowest BCUT2D eigenvalue weighted by molar-refractivity contribution is 0.391. The van der Waals surface area contributed by atoms with Crippen LogP contribution < -0.4 is 9.47 Å². The Labute approximate surface area is 210 Å². The van der Waals surface area contributed by atoms with E-state index in [1.165, 1.54) is 17.2 Å². The molecule has 0 unspecified atom stereocenters. The molecule has 2 aromatic rings. The molecular weight excluding hydrogens is 436 g/mol. The molecule has 0 spiro atoms. The Morgan fingerprint density at radius 2 is 1.43 bits per heavy atom. The molecule has 0 aliphatic carbocycles. The van der Waals surface area contributed by atoms with Crippen molar-refractivity contribution < 1.29 is 19.7 Å². The smallest absolute Gasteiger partial charge is 0.161 e. The van der Waals surface area contributed by atoms with E-state index >= 15 is 0 Å². The Morgan fingerprint density at radius 1 is 0.771 bits per heavy atom. The van der Waals surface area contributed by atoms with E-state index in [0.29, 0.717) is 17.7 Å². The van der Waals surface area contributed by atoms with Gasteiger partial charge in [0.1, 0.15) is 11.5 Å². The molecule has 0 aliphatic heterocycles. The summed E-state index contributed by atoms with van der Waals surface area (Å²) in [6.07, 6.45) is 13.9. The summed E-state index contributed by atoms with van der Waals surface area (Å²) in [5.41, 5.74) is 7.41. The molecule has 0 amide bonds. The van der Waals surface area contributed by atoms with Crippen LogP contribution in [0.2, 0.25) is 0 Å². The molecule has 188 valence electrons. The number of phenolic OH excluding ortho intramolecular Hbond substituents is 2. The summed E-state index contributed by atoms with van der Waals surface area (Å²) in [6, 6.07) is 7.25. The van der Waals surface area contributed by atoms with Crippen molar-refractivity contribution in [3.63, 3.8) is 0 Å². The van der Waals surface area contributed by atoms with Gasteiger partial charge in [0.15, 0.2) is 11.5 Å². The summed E-state index contributed by atoms with van der Waals surface area (Å²) in [5.74, 6) is 1.29. The summed E-state index contributed by atoms with van der Waals surface area (Å²) in [6.45, 7) is 10.4. The van der Waals surface area contributed by atoms with Gasteiger partial charge in [0.2, 0.25) is 0 Å². The average Bonchev–Trinajstić information content (AvgIpc) is 2.82. The van der Waals surface area contributed by atoms with E-state index in [9.17, 15) is 10.2 Å². The van der Waals surface area contributed by atoms with Gasteiger partial charge in [-0.05, 0) is 83.6 Å². The minimum Gasteiger partial charge on any atom is -0.504 e. The molecule has 0 saturated heterocycles. The van der Waals surface area contributed by atoms with Gasteiger partial charge < -0.3 is 19.7 Å². The molecule has 0 atom stereocenters. The number of hydrogen-bond donors (Lipinski definition) is 2. The number of rotatable bonds is 11. The van der Waals surface area contributed by atoms with Gasteiger partial charge in [0.05, 0.1) is 14.2 Å². The van der Waals surface area contributed by atoms with Gasteiger partial charge in [-0.1, -0.05) is 53.2 Å². The lowest BCUT2D eigenvalue weighted by atomic mass is 9.97. The summed E-state index contributed by atoms with van der Waals surface area (Å²) in [7, 11) is 3.32. The second-order valence-corrected chi connectivity index (χ2v) is 9.29. The van der Waals surface area contributed by atoms with Crippen LogP contribution in [-0.2, 0) is 12.8 Å². The fraction of sp³-hybridized carbons (Fsp3) is 0.355. The van der Waals surface area contributed by atoms with Crippen LogP contribution in [0.25, 0.3) is 12.2 Å². The van der Waals surface area contributed by atoms with Crippen LogP contribution in [-0.4, -0.2) is 24.4 Å². The summed E-state index contributed by atoms with van der Waals surface area (Å²) in [4.78, 5) is 0. The lowest BCUT2D eigenvalue weighted by Crippen LogP contribution is -1.97. The molecule has 0 bridgehead atoms. The fourth-order valence-electron chi connectivity index (χ4n) is 3.77. The highest BCUT2D eigenvalue weighted by molar-refractivity contribution is 5.76. The third kappa shape index (κ3) is 8.40. The Balaban J connectivity index is 2.47. The highest BCUT2D eigenvalue weighted by atomic mass is 16.5. The fourth-order valence-corrected chi connectivity index (χ4v) is 3.77. The first-order valence-corrected chi connectivity index (χ1v) is 12.0. The zero-order valence-corrected chi connectivity index (χ0v) is 22.2. The van der Waals surface area contributed by atoms with Gasteiger partial charge in [-0.3, -0.25) is 0 Å². The first-order chi connectivity index (χ1) is 16.7. The van der Waals surface area contributed by atoms with Crippen molar-refractivity contribution in [1.82, 2.24) is 0 Å². The van der Waals surface area contributed by atoms with Gasteiger partial charge in [0, 0.05) is 17.2 Å². The predicted octanol–water partition coefficient (Wildman–Crippen LogP) is 8.03. The maximum Gasteiger partial charge on any atom is 0.161 e. The van der Waals surface area contributed by atoms with E-state index in [0.717, 1.165) is 47.3 Å². The van der Waals surface area contributed by atoms with E-state index in [1.54, 1.807) is 14.2 Å². The van der Waals surface area contributed by atoms with Crippen LogP contribution in [0.3, 0.4) is 0 Å². The highest BCUT2D eigenvalue weighted by Gasteiger charge is 2.12. The lowest BCUT2D eigenvalue weighted by Gasteiger charge is -2.14. The zero-order chi connectivity index (χ0) is 26.0. The van der Waals surface area contributed by atoms with Gasteiger partial charge in [0.25, 0.3) is 0 Å². The Bertz CT molecular complexity index is 1130. The highest BCUT2D eigenvalue weighted by Crippen LogP contribution is 2.35. The largest absolute Gasteiger partial charge is 0.504 e. The van der Waals surface area contributed by atoms with Gasteiger partial charge in [-0.15, -0.1) is 0 Å². The van der Waals surface area contributed by atoms with E-state index < -0.39 is 0 Å². The number of hydrogen-bond acceptors (Lipinski definition) is 4. The SMILES string of the molecule is COc1cc(/C=C/c2ccc(O)c(O)c2CC=C(C)C)c(C/C=C(\C)CCC=C(C)C)c(OC)c1. The topological polar surface area (TPSA) is 58.9 Å². The van der Waals surface area contributed by atoms with Crippen LogP contribution in [0.1, 0.15) is 69.7 Å². The summed E-state index contributed by atoms with van der Waals surface area (Å²) in [5, 5.41) is 20.5. The van der Waals surface area contributed by atoms with Crippen molar-refractivity contribution in [2.75, 3.05) is 14.2 Å². The second kappa shape index (κ2) is 13.5. The maximum atomic E-state index is 10.5. The number of methoxy groups -OCH3 is 2. The van der Waals surface area contributed by atoms with Crippen molar-refractivity contribution in [3.8, 4) is 23.0 Å². The minimum absolute atomic E-state index is 0.0805. The number of ether oxygens (including phenoxy) is 2. The number of phenols is 2. The first-order valence-electron chi connectivity index (χ1n) is 12.0. The first kappa shape index (κ1) is 27.8. The van der Waals surface area contributed by atoms with Crippen LogP contribution in [0.15, 0.2) is 59.2 Å². The third-order valence-corrected chi connectivity index (χ3v) is 5.87. The standard InChI is InChI=1S/C31H40O4/c1-21(2)9-8-10-23(5)12-17-27-25(19-26(34-6)20-30(27)35-7)14-13-24-15-18-29(32)31(33)28(24)16-11-22(3)4/h9,11-15,18-20,32-33H,8,10,16-17H2,1-7H3/b14-13+,23-12+. The van der Waals surface area contributed by atoms with Gasteiger partial charge in [-0.25, -0.2) is 0 Å². The molecule has 35 heavy (non-hydrogen) atoms. The number of allylic oxidation sites excluding steroid dienone is 6. The molecule has 0 aliphatic rings. The van der Waals surface area contributed by atoms with Crippen molar-refractivity contribution in [3.05, 3.63) is 81.5 Å². The van der Waals surface area contributed by atoms with Crippen molar-refractivity contribution >= 4 is 12.2 Å². The third-order valence-electron chi connectivity index (χ3n) is 5.87. The second-order valence-electron chi connectivity index (χ2n) is 9.29. The van der Waals surface area contributed by atoms with E-state index in [1.807, 2.05) is 50.3 Å². The van der Waals surface area contributed by atoms with Gasteiger partial charge >= 0.3 is 0 Å². The summed E-state index contributed by atoms with van der Waals surface area (Å²) >= 11 is 0. The Kier molecular flexibility index (Phi) is 10.7. The molecule has 0 fully saturated rings. The van der Waals surface area contributed by atoms with Crippen molar-refractivity contribution in [1.29, 1.82) is 0 Å². The predicted molar refractivity (Wildman–Crippen MR) is 148 cm³/mol. The van der Waals surface area contributed by atoms with Gasteiger partial charge in [-0.2, -0.15) is 0 Å². The average molecular weight is 477 g/mol. The van der Waals surface area contributed by atoms with Crippen molar-refractivity contribution in [2.45, 2.75) is 60.3 Å². The molecule has 0 radical (unpaired) electrons. The van der Waals surface area contributed by atoms with E-state index in [4.69, 9.17) is 9.47 Å². The van der Waals surface area contributed by atoms with Crippen molar-refractivity contribution in [2.24, 2.45) is 0 Å². The maximum absolute atomic E-state index is 10.5. The zero-order valence-electron chi connectivity index (χ0n) is 22.2. The molecule has 2 aromatic carbocycles.